The highest BCUT2D eigenvalue weighted by molar-refractivity contribution is 14.0. The highest BCUT2D eigenvalue weighted by Gasteiger charge is 2.09. The van der Waals surface area contributed by atoms with Gasteiger partial charge in [0.15, 0.2) is 5.96 Å². The summed E-state index contributed by atoms with van der Waals surface area (Å²) in [5.41, 5.74) is 1.15. The molecule has 5 nitrogen and oxygen atoms in total. The number of methoxy groups -OCH3 is 1. The largest absolute Gasteiger partial charge is 0.385 e. The maximum absolute atomic E-state index is 6.01. The van der Waals surface area contributed by atoms with E-state index in [1.54, 1.807) is 7.11 Å². The Morgan fingerprint density at radius 2 is 2.24 bits per heavy atom. The van der Waals surface area contributed by atoms with Crippen molar-refractivity contribution in [3.63, 3.8) is 0 Å². The van der Waals surface area contributed by atoms with Gasteiger partial charge in [0.05, 0.1) is 11.6 Å². The molecule has 21 heavy (non-hydrogen) atoms. The highest BCUT2D eigenvalue weighted by Crippen LogP contribution is 2.14. The van der Waals surface area contributed by atoms with Gasteiger partial charge in [-0.1, -0.05) is 11.6 Å². The summed E-state index contributed by atoms with van der Waals surface area (Å²) in [5, 5.41) is 4.06. The third-order valence-electron chi connectivity index (χ3n) is 2.94. The van der Waals surface area contributed by atoms with Gasteiger partial charge in [0.25, 0.3) is 0 Å². The second kappa shape index (κ2) is 11.1. The summed E-state index contributed by atoms with van der Waals surface area (Å²) < 4.78 is 7.07. The minimum Gasteiger partial charge on any atom is -0.385 e. The maximum Gasteiger partial charge on any atom is 0.194 e. The maximum atomic E-state index is 6.01. The first-order chi connectivity index (χ1) is 9.58. The molecule has 0 amide bonds. The van der Waals surface area contributed by atoms with Gasteiger partial charge in [-0.15, -0.1) is 24.0 Å². The summed E-state index contributed by atoms with van der Waals surface area (Å²) in [6.45, 7) is 5.17. The number of aliphatic imine (C=N–C) groups is 1. The van der Waals surface area contributed by atoms with E-state index in [1.807, 2.05) is 30.9 Å². The van der Waals surface area contributed by atoms with Crippen LogP contribution in [0.3, 0.4) is 0 Å². The minimum absolute atomic E-state index is 0. The van der Waals surface area contributed by atoms with Gasteiger partial charge in [-0.05, 0) is 19.4 Å². The topological polar surface area (TPSA) is 41.8 Å². The Kier molecular flexibility index (Phi) is 10.9. The fourth-order valence-corrected chi connectivity index (χ4v) is 2.18. The van der Waals surface area contributed by atoms with Crippen LogP contribution in [0.2, 0.25) is 5.02 Å². The minimum atomic E-state index is 0. The second-order valence-electron chi connectivity index (χ2n) is 4.70. The lowest BCUT2D eigenvalue weighted by atomic mass is 10.4. The molecular formula is C14H26ClIN4O. The van der Waals surface area contributed by atoms with Gasteiger partial charge < -0.3 is 19.5 Å². The Labute approximate surface area is 149 Å². The number of aryl methyl sites for hydroxylation is 1. The van der Waals surface area contributed by atoms with Gasteiger partial charge in [-0.25, -0.2) is 0 Å². The van der Waals surface area contributed by atoms with Crippen LogP contribution in [0.15, 0.2) is 17.3 Å². The van der Waals surface area contributed by atoms with E-state index in [0.717, 1.165) is 49.3 Å². The highest BCUT2D eigenvalue weighted by atomic mass is 127. The van der Waals surface area contributed by atoms with Crippen LogP contribution >= 0.6 is 35.6 Å². The van der Waals surface area contributed by atoms with E-state index in [4.69, 9.17) is 16.3 Å². The summed E-state index contributed by atoms with van der Waals surface area (Å²) in [6, 6.07) is 1.98. The predicted octanol–water partition coefficient (Wildman–Crippen LogP) is 2.73. The first-order valence-corrected chi connectivity index (χ1v) is 7.25. The summed E-state index contributed by atoms with van der Waals surface area (Å²) in [7, 11) is 5.73. The van der Waals surface area contributed by atoms with E-state index in [1.165, 1.54) is 0 Å². The standard InChI is InChI=1S/C14H25ClN4O.HI/c1-5-16-14(17-7-6-8-20-4)19(3)11-13-9-12(15)10-18(13)2;/h9-10H,5-8,11H2,1-4H3,(H,16,17);1H. The quantitative estimate of drug-likeness (QED) is 0.314. The van der Waals surface area contributed by atoms with Crippen LogP contribution in [0.1, 0.15) is 19.0 Å². The van der Waals surface area contributed by atoms with Gasteiger partial charge in [0.2, 0.25) is 0 Å². The van der Waals surface area contributed by atoms with Crippen LogP contribution in [0.5, 0.6) is 0 Å². The van der Waals surface area contributed by atoms with Gasteiger partial charge in [0, 0.05) is 52.8 Å². The number of nitrogens with zero attached hydrogens (tertiary/aromatic N) is 3. The first-order valence-electron chi connectivity index (χ1n) is 6.87. The van der Waals surface area contributed by atoms with Crippen molar-refractivity contribution in [2.75, 3.05) is 33.9 Å². The van der Waals surface area contributed by atoms with Crippen molar-refractivity contribution >= 4 is 41.5 Å². The van der Waals surface area contributed by atoms with Crippen LogP contribution in [0.25, 0.3) is 0 Å². The van der Waals surface area contributed by atoms with E-state index < -0.39 is 0 Å². The van der Waals surface area contributed by atoms with Gasteiger partial charge >= 0.3 is 0 Å². The molecule has 0 fully saturated rings. The molecule has 122 valence electrons. The molecule has 0 aliphatic rings. The van der Waals surface area contributed by atoms with Crippen molar-refractivity contribution in [2.24, 2.45) is 12.0 Å². The molecule has 0 aliphatic carbocycles. The second-order valence-corrected chi connectivity index (χ2v) is 5.14. The normalized spacial score (nSPS) is 11.2. The molecule has 0 spiro atoms. The van der Waals surface area contributed by atoms with E-state index in [0.29, 0.717) is 0 Å². The van der Waals surface area contributed by atoms with Crippen molar-refractivity contribution in [1.29, 1.82) is 0 Å². The zero-order chi connectivity index (χ0) is 15.0. The summed E-state index contributed by atoms with van der Waals surface area (Å²) in [6.07, 6.45) is 2.84. The molecular weight excluding hydrogens is 403 g/mol. The molecule has 0 aromatic carbocycles. The zero-order valence-electron chi connectivity index (χ0n) is 13.2. The van der Waals surface area contributed by atoms with Crippen LogP contribution in [-0.4, -0.2) is 49.3 Å². The van der Waals surface area contributed by atoms with E-state index >= 15 is 0 Å². The van der Waals surface area contributed by atoms with Crippen LogP contribution in [0, 0.1) is 0 Å². The average molecular weight is 429 g/mol. The molecule has 1 aromatic rings. The Morgan fingerprint density at radius 1 is 1.52 bits per heavy atom. The number of rotatable bonds is 7. The number of hydrogen-bond acceptors (Lipinski definition) is 2. The van der Waals surface area contributed by atoms with Crippen LogP contribution < -0.4 is 5.32 Å². The summed E-state index contributed by atoms with van der Waals surface area (Å²) in [5.74, 6) is 0.904. The molecule has 0 saturated carbocycles. The summed E-state index contributed by atoms with van der Waals surface area (Å²) in [4.78, 5) is 6.69. The van der Waals surface area contributed by atoms with E-state index in [2.05, 4.69) is 22.1 Å². The van der Waals surface area contributed by atoms with Crippen molar-refractivity contribution < 1.29 is 4.74 Å². The van der Waals surface area contributed by atoms with Gasteiger partial charge in [-0.2, -0.15) is 0 Å². The lowest BCUT2D eigenvalue weighted by Crippen LogP contribution is -2.38. The third-order valence-corrected chi connectivity index (χ3v) is 3.14. The van der Waals surface area contributed by atoms with Crippen molar-refractivity contribution in [3.05, 3.63) is 23.0 Å². The molecule has 1 N–H and O–H groups in total. The van der Waals surface area contributed by atoms with E-state index in [-0.39, 0.29) is 24.0 Å². The lowest BCUT2D eigenvalue weighted by Gasteiger charge is -2.22. The molecule has 1 rings (SSSR count). The SMILES string of the molecule is CCNC(=NCCCOC)N(C)Cc1cc(Cl)cn1C.I. The predicted molar refractivity (Wildman–Crippen MR) is 99.8 cm³/mol. The average Bonchev–Trinajstić information content (AvgIpc) is 2.71. The van der Waals surface area contributed by atoms with Crippen LogP contribution in [-0.2, 0) is 18.3 Å². The molecule has 1 aromatic heterocycles. The Bertz CT molecular complexity index is 437. The first kappa shape index (κ1) is 20.5. The molecule has 1 heterocycles. The Hall–Kier alpha value is -0.470. The zero-order valence-corrected chi connectivity index (χ0v) is 16.3. The number of aromatic nitrogens is 1. The molecule has 7 heteroatoms. The molecule has 0 atom stereocenters. The molecule has 0 bridgehead atoms. The number of guanidine groups is 1. The fraction of sp³-hybridized carbons (Fsp3) is 0.643. The number of halogens is 2. The van der Waals surface area contributed by atoms with Gasteiger partial charge in [0.1, 0.15) is 0 Å². The molecule has 0 unspecified atom stereocenters. The third kappa shape index (κ3) is 7.37. The summed E-state index contributed by atoms with van der Waals surface area (Å²) >= 11 is 6.01. The molecule has 0 saturated heterocycles. The Morgan fingerprint density at radius 3 is 2.76 bits per heavy atom. The fourth-order valence-electron chi connectivity index (χ4n) is 1.90. The smallest absolute Gasteiger partial charge is 0.194 e. The van der Waals surface area contributed by atoms with E-state index in [9.17, 15) is 0 Å². The number of nitrogens with one attached hydrogen (secondary N) is 1. The molecule has 0 aliphatic heterocycles. The van der Waals surface area contributed by atoms with Crippen molar-refractivity contribution in [3.8, 4) is 0 Å². The monoisotopic (exact) mass is 428 g/mol. The molecule has 0 radical (unpaired) electrons. The van der Waals surface area contributed by atoms with Gasteiger partial charge in [-0.3, -0.25) is 4.99 Å². The van der Waals surface area contributed by atoms with Crippen molar-refractivity contribution in [1.82, 2.24) is 14.8 Å². The van der Waals surface area contributed by atoms with Crippen molar-refractivity contribution in [2.45, 2.75) is 19.9 Å². The number of hydrogen-bond donors (Lipinski definition) is 1. The Balaban J connectivity index is 0.00000400. The lowest BCUT2D eigenvalue weighted by molar-refractivity contribution is 0.197. The number of ether oxygens (including phenoxy) is 1. The van der Waals surface area contributed by atoms with Crippen LogP contribution in [0.4, 0.5) is 0 Å².